The molecule has 96 valence electrons. The van der Waals surface area contributed by atoms with Crippen LogP contribution in [0, 0.1) is 11.3 Å². The summed E-state index contributed by atoms with van der Waals surface area (Å²) < 4.78 is 2.27. The van der Waals surface area contributed by atoms with Crippen molar-refractivity contribution in [2.75, 3.05) is 0 Å². The third kappa shape index (κ3) is 2.70. The molecule has 0 N–H and O–H groups in total. The number of rotatable bonds is 3. The molecule has 0 radical (unpaired) electrons. The average Bonchev–Trinajstić information content (AvgIpc) is 2.64. The zero-order chi connectivity index (χ0) is 12.5. The summed E-state index contributed by atoms with van der Waals surface area (Å²) in [6.07, 6.45) is 7.18. The fourth-order valence-electron chi connectivity index (χ4n) is 3.04. The van der Waals surface area contributed by atoms with Crippen LogP contribution in [-0.4, -0.2) is 14.8 Å². The highest BCUT2D eigenvalue weighted by molar-refractivity contribution is 5.04. The number of hydrogen-bond acceptors (Lipinski definition) is 2. The summed E-state index contributed by atoms with van der Waals surface area (Å²) in [5, 5.41) is 8.53. The van der Waals surface area contributed by atoms with Gasteiger partial charge in [0.15, 0.2) is 0 Å². The predicted molar refractivity (Wildman–Crippen MR) is 69.9 cm³/mol. The molecule has 0 spiro atoms. The Morgan fingerprint density at radius 1 is 1.41 bits per heavy atom. The molecule has 3 nitrogen and oxygen atoms in total. The van der Waals surface area contributed by atoms with E-state index in [-0.39, 0.29) is 0 Å². The Labute approximate surface area is 105 Å². The van der Waals surface area contributed by atoms with Crippen molar-refractivity contribution in [1.82, 2.24) is 14.8 Å². The smallest absolute Gasteiger partial charge is 0.136 e. The van der Waals surface area contributed by atoms with E-state index < -0.39 is 0 Å². The molecule has 1 aliphatic carbocycles. The van der Waals surface area contributed by atoms with Gasteiger partial charge in [0.1, 0.15) is 12.2 Å². The van der Waals surface area contributed by atoms with Gasteiger partial charge in [0.25, 0.3) is 0 Å². The molecule has 1 aliphatic rings. The van der Waals surface area contributed by atoms with Crippen molar-refractivity contribution in [3.63, 3.8) is 0 Å². The molecule has 1 aromatic heterocycles. The highest BCUT2D eigenvalue weighted by Crippen LogP contribution is 2.45. The van der Waals surface area contributed by atoms with E-state index in [4.69, 9.17) is 0 Å². The van der Waals surface area contributed by atoms with Gasteiger partial charge in [-0.15, -0.1) is 10.2 Å². The van der Waals surface area contributed by atoms with Gasteiger partial charge in [0.2, 0.25) is 0 Å². The molecule has 1 unspecified atom stereocenters. The van der Waals surface area contributed by atoms with E-state index in [0.29, 0.717) is 17.3 Å². The normalized spacial score (nSPS) is 24.2. The minimum Gasteiger partial charge on any atom is -0.317 e. The van der Waals surface area contributed by atoms with E-state index in [9.17, 15) is 0 Å². The number of nitrogens with zero attached hydrogens (tertiary/aromatic N) is 3. The average molecular weight is 235 g/mol. The van der Waals surface area contributed by atoms with Crippen molar-refractivity contribution >= 4 is 0 Å². The summed E-state index contributed by atoms with van der Waals surface area (Å²) in [5.41, 5.74) is 0.375. The van der Waals surface area contributed by atoms with Gasteiger partial charge in [-0.25, -0.2) is 0 Å². The van der Waals surface area contributed by atoms with E-state index in [1.807, 2.05) is 6.33 Å². The SMILES string of the molecule is CC(C)Cn1cnnc1C1CCCCC1(C)C. The molecule has 0 aromatic carbocycles. The quantitative estimate of drug-likeness (QED) is 0.801. The molecule has 1 aromatic rings. The van der Waals surface area contributed by atoms with E-state index in [1.165, 1.54) is 31.5 Å². The van der Waals surface area contributed by atoms with Crippen LogP contribution in [0.25, 0.3) is 0 Å². The van der Waals surface area contributed by atoms with Gasteiger partial charge >= 0.3 is 0 Å². The monoisotopic (exact) mass is 235 g/mol. The molecule has 3 heteroatoms. The first-order chi connectivity index (χ1) is 8.00. The lowest BCUT2D eigenvalue weighted by molar-refractivity contribution is 0.187. The van der Waals surface area contributed by atoms with Gasteiger partial charge in [-0.2, -0.15) is 0 Å². The topological polar surface area (TPSA) is 30.7 Å². The van der Waals surface area contributed by atoms with Crippen LogP contribution < -0.4 is 0 Å². The van der Waals surface area contributed by atoms with Crippen LogP contribution in [0.3, 0.4) is 0 Å². The minimum atomic E-state index is 0.375. The lowest BCUT2D eigenvalue weighted by Crippen LogP contribution is -2.28. The second-order valence-electron chi connectivity index (χ2n) is 6.52. The van der Waals surface area contributed by atoms with Crippen LogP contribution in [0.15, 0.2) is 6.33 Å². The molecule has 1 heterocycles. The fourth-order valence-corrected chi connectivity index (χ4v) is 3.04. The Morgan fingerprint density at radius 3 is 2.82 bits per heavy atom. The fraction of sp³-hybridized carbons (Fsp3) is 0.857. The van der Waals surface area contributed by atoms with Gasteiger partial charge in [-0.3, -0.25) is 0 Å². The van der Waals surface area contributed by atoms with Crippen LogP contribution in [0.2, 0.25) is 0 Å². The van der Waals surface area contributed by atoms with Crippen molar-refractivity contribution in [3.8, 4) is 0 Å². The molecule has 0 amide bonds. The summed E-state index contributed by atoms with van der Waals surface area (Å²) >= 11 is 0. The van der Waals surface area contributed by atoms with Crippen molar-refractivity contribution in [2.24, 2.45) is 11.3 Å². The van der Waals surface area contributed by atoms with Crippen LogP contribution in [-0.2, 0) is 6.54 Å². The van der Waals surface area contributed by atoms with E-state index in [1.54, 1.807) is 0 Å². The minimum absolute atomic E-state index is 0.375. The van der Waals surface area contributed by atoms with E-state index in [2.05, 4.69) is 42.5 Å². The van der Waals surface area contributed by atoms with Crippen molar-refractivity contribution in [3.05, 3.63) is 12.2 Å². The number of aromatic nitrogens is 3. The zero-order valence-electron chi connectivity index (χ0n) is 11.6. The second kappa shape index (κ2) is 4.79. The summed E-state index contributed by atoms with van der Waals surface area (Å²) in [5.74, 6) is 2.44. The second-order valence-corrected chi connectivity index (χ2v) is 6.52. The summed E-state index contributed by atoms with van der Waals surface area (Å²) in [4.78, 5) is 0. The maximum absolute atomic E-state index is 4.40. The molecule has 17 heavy (non-hydrogen) atoms. The molecule has 0 bridgehead atoms. The molecule has 1 fully saturated rings. The first kappa shape index (κ1) is 12.6. The summed E-state index contributed by atoms with van der Waals surface area (Å²) in [6.45, 7) is 10.3. The predicted octanol–water partition coefficient (Wildman–Crippen LogP) is 3.62. The maximum Gasteiger partial charge on any atom is 0.136 e. The molecule has 1 saturated carbocycles. The van der Waals surface area contributed by atoms with Crippen LogP contribution in [0.4, 0.5) is 0 Å². The molecular weight excluding hydrogens is 210 g/mol. The zero-order valence-corrected chi connectivity index (χ0v) is 11.6. The van der Waals surface area contributed by atoms with Crippen molar-refractivity contribution in [1.29, 1.82) is 0 Å². The molecular formula is C14H25N3. The van der Waals surface area contributed by atoms with Crippen molar-refractivity contribution < 1.29 is 0 Å². The molecule has 0 saturated heterocycles. The standard InChI is InChI=1S/C14H25N3/c1-11(2)9-17-10-15-16-13(17)12-7-5-6-8-14(12,3)4/h10-12H,5-9H2,1-4H3. The summed E-state index contributed by atoms with van der Waals surface area (Å²) in [6, 6.07) is 0. The third-order valence-electron chi connectivity index (χ3n) is 4.03. The van der Waals surface area contributed by atoms with Crippen molar-refractivity contribution in [2.45, 2.75) is 65.8 Å². The molecule has 0 aliphatic heterocycles. The third-order valence-corrected chi connectivity index (χ3v) is 4.03. The first-order valence-corrected chi connectivity index (χ1v) is 6.88. The van der Waals surface area contributed by atoms with E-state index >= 15 is 0 Å². The highest BCUT2D eigenvalue weighted by atomic mass is 15.3. The Kier molecular flexibility index (Phi) is 3.55. The van der Waals surface area contributed by atoms with Gasteiger partial charge in [-0.1, -0.05) is 40.5 Å². The molecule has 2 rings (SSSR count). The van der Waals surface area contributed by atoms with Crippen LogP contribution in [0.5, 0.6) is 0 Å². The largest absolute Gasteiger partial charge is 0.317 e. The Bertz CT molecular complexity index is 365. The first-order valence-electron chi connectivity index (χ1n) is 6.88. The van der Waals surface area contributed by atoms with Gasteiger partial charge in [-0.05, 0) is 24.2 Å². The van der Waals surface area contributed by atoms with E-state index in [0.717, 1.165) is 6.54 Å². The van der Waals surface area contributed by atoms with Crippen LogP contribution in [0.1, 0.15) is 65.1 Å². The Hall–Kier alpha value is -0.860. The van der Waals surface area contributed by atoms with Gasteiger partial charge < -0.3 is 4.57 Å². The Morgan fingerprint density at radius 2 is 2.18 bits per heavy atom. The maximum atomic E-state index is 4.40. The lowest BCUT2D eigenvalue weighted by Gasteiger charge is -2.38. The Balaban J connectivity index is 2.23. The summed E-state index contributed by atoms with van der Waals surface area (Å²) in [7, 11) is 0. The van der Waals surface area contributed by atoms with Gasteiger partial charge in [0.05, 0.1) is 0 Å². The number of hydrogen-bond donors (Lipinski definition) is 0. The van der Waals surface area contributed by atoms with Crippen LogP contribution >= 0.6 is 0 Å². The van der Waals surface area contributed by atoms with Gasteiger partial charge in [0, 0.05) is 12.5 Å². The lowest BCUT2D eigenvalue weighted by atomic mass is 9.68. The highest BCUT2D eigenvalue weighted by Gasteiger charge is 2.36. The molecule has 1 atom stereocenters.